The summed E-state index contributed by atoms with van der Waals surface area (Å²) in [5, 5.41) is 0. The number of carbonyl (C=O) groups is 2. The summed E-state index contributed by atoms with van der Waals surface area (Å²) in [7, 11) is 4.76. The Morgan fingerprint density at radius 2 is 0.727 bits per heavy atom. The second-order valence-electron chi connectivity index (χ2n) is 14.6. The lowest BCUT2D eigenvalue weighted by Gasteiger charge is -2.39. The summed E-state index contributed by atoms with van der Waals surface area (Å²) in [5.41, 5.74) is 0. The van der Waals surface area contributed by atoms with Gasteiger partial charge in [-0.25, -0.2) is 0 Å². The van der Waals surface area contributed by atoms with Gasteiger partial charge in [-0.05, 0) is 78.3 Å². The maximum atomic E-state index is 11.2. The van der Waals surface area contributed by atoms with Crippen molar-refractivity contribution in [1.82, 2.24) is 9.80 Å². The first-order valence-electron chi connectivity index (χ1n) is 19.6. The molecule has 4 aliphatic carbocycles. The average Bonchev–Trinajstić information content (AvgIpc) is 3.08. The van der Waals surface area contributed by atoms with Crippen molar-refractivity contribution in [3.05, 3.63) is 0 Å². The Balaban J connectivity index is 0.000000230. The van der Waals surface area contributed by atoms with Crippen molar-refractivity contribution < 1.29 is 14.3 Å². The van der Waals surface area contributed by atoms with Gasteiger partial charge in [-0.3, -0.25) is 9.59 Å². The topological polar surface area (TPSA) is 49.9 Å². The maximum Gasteiger partial charge on any atom is 0.313 e. The molecule has 0 unspecified atom stereocenters. The van der Waals surface area contributed by atoms with Crippen molar-refractivity contribution in [2.45, 2.75) is 224 Å². The van der Waals surface area contributed by atoms with Crippen LogP contribution in [-0.2, 0) is 14.3 Å². The van der Waals surface area contributed by atoms with E-state index >= 15 is 0 Å². The Bertz CT molecular complexity index is 630. The Kier molecular flexibility index (Phi) is 22.5. The quantitative estimate of drug-likeness (QED) is 0.117. The minimum atomic E-state index is -0.367. The van der Waals surface area contributed by atoms with Gasteiger partial charge < -0.3 is 14.5 Å². The molecule has 0 aromatic carbocycles. The van der Waals surface area contributed by atoms with Gasteiger partial charge in [0.25, 0.3) is 0 Å². The second kappa shape index (κ2) is 25.2. The van der Waals surface area contributed by atoms with Crippen molar-refractivity contribution in [3.8, 4) is 0 Å². The fraction of sp³-hybridized carbons (Fsp3) is 0.949. The molecule has 0 aromatic rings. The number of hydrogen-bond acceptors (Lipinski definition) is 5. The van der Waals surface area contributed by atoms with Gasteiger partial charge in [0.15, 0.2) is 0 Å². The van der Waals surface area contributed by atoms with Crippen LogP contribution in [0.25, 0.3) is 0 Å². The lowest BCUT2D eigenvalue weighted by Crippen LogP contribution is -2.42. The molecule has 44 heavy (non-hydrogen) atoms. The highest BCUT2D eigenvalue weighted by Gasteiger charge is 2.26. The molecule has 258 valence electrons. The molecule has 0 aromatic heterocycles. The number of esters is 2. The van der Waals surface area contributed by atoms with Gasteiger partial charge >= 0.3 is 11.9 Å². The van der Waals surface area contributed by atoms with Crippen molar-refractivity contribution in [2.75, 3.05) is 14.1 Å². The van der Waals surface area contributed by atoms with Gasteiger partial charge in [-0.1, -0.05) is 123 Å². The molecule has 0 saturated heterocycles. The number of nitrogens with zero attached hydrogens (tertiary/aromatic N) is 2. The van der Waals surface area contributed by atoms with E-state index in [2.05, 4.69) is 37.7 Å². The fourth-order valence-corrected chi connectivity index (χ4v) is 7.99. The first-order valence-corrected chi connectivity index (χ1v) is 19.6. The van der Waals surface area contributed by atoms with Crippen LogP contribution in [-0.4, -0.2) is 60.0 Å². The summed E-state index contributed by atoms with van der Waals surface area (Å²) >= 11 is 0. The number of ether oxygens (including phenoxy) is 1. The van der Waals surface area contributed by atoms with E-state index in [1.54, 1.807) is 0 Å². The monoisotopic (exact) mass is 619 g/mol. The molecule has 5 heteroatoms. The summed E-state index contributed by atoms with van der Waals surface area (Å²) in [5.74, 6) is -0.730. The summed E-state index contributed by atoms with van der Waals surface area (Å²) in [4.78, 5) is 27.8. The van der Waals surface area contributed by atoms with Gasteiger partial charge in [-0.15, -0.1) is 0 Å². The third-order valence-electron chi connectivity index (χ3n) is 11.0. The summed E-state index contributed by atoms with van der Waals surface area (Å²) < 4.78 is 4.70. The van der Waals surface area contributed by atoms with Crippen molar-refractivity contribution >= 4 is 11.9 Å². The number of rotatable bonds is 13. The van der Waals surface area contributed by atoms with Crippen molar-refractivity contribution in [1.29, 1.82) is 0 Å². The van der Waals surface area contributed by atoms with Crippen LogP contribution in [0.2, 0.25) is 0 Å². The SMILES string of the molecule is CCCCCCC(=O)OC(=O)CCCCC.CN(C1CCCCC1)C1CCCCC1.CN(C1CCCCC1)C1CCCCC1. The molecule has 0 bridgehead atoms. The molecule has 4 fully saturated rings. The van der Waals surface area contributed by atoms with Gasteiger partial charge in [0.1, 0.15) is 0 Å². The summed E-state index contributed by atoms with van der Waals surface area (Å²) in [6.45, 7) is 4.19. The standard InChI is InChI=1S/2C13H25N.C13H24O3/c2*1-14(12-8-4-2-5-9-12)13-10-6-3-7-11-13;1-3-5-7-9-11-13(15)16-12(14)10-8-6-4-2/h2*12-13H,2-11H2,1H3;3-11H2,1-2H3. The highest BCUT2D eigenvalue weighted by atomic mass is 16.6. The van der Waals surface area contributed by atoms with E-state index in [1.807, 2.05) is 0 Å². The van der Waals surface area contributed by atoms with E-state index in [0.717, 1.165) is 69.1 Å². The number of hydrogen-bond donors (Lipinski definition) is 0. The molecule has 0 N–H and O–H groups in total. The van der Waals surface area contributed by atoms with Crippen LogP contribution in [0, 0.1) is 0 Å². The first kappa shape index (κ1) is 39.2. The molecule has 0 heterocycles. The van der Waals surface area contributed by atoms with Gasteiger partial charge in [0, 0.05) is 37.0 Å². The van der Waals surface area contributed by atoms with Crippen LogP contribution in [0.3, 0.4) is 0 Å². The molecule has 4 saturated carbocycles. The molecule has 4 aliphatic rings. The normalized spacial score (nSPS) is 20.9. The average molecular weight is 619 g/mol. The Hall–Kier alpha value is -0.940. The largest absolute Gasteiger partial charge is 0.393 e. The smallest absolute Gasteiger partial charge is 0.313 e. The third-order valence-corrected chi connectivity index (χ3v) is 11.0. The minimum Gasteiger partial charge on any atom is -0.393 e. The first-order chi connectivity index (χ1) is 21.5. The zero-order chi connectivity index (χ0) is 31.8. The highest BCUT2D eigenvalue weighted by molar-refractivity contribution is 5.85. The Morgan fingerprint density at radius 1 is 0.455 bits per heavy atom. The number of carbonyl (C=O) groups excluding carboxylic acids is 2. The van der Waals surface area contributed by atoms with E-state index in [4.69, 9.17) is 4.74 Å². The van der Waals surface area contributed by atoms with Gasteiger partial charge in [0.05, 0.1) is 0 Å². The molecule has 0 aliphatic heterocycles. The molecule has 5 nitrogen and oxygen atoms in total. The predicted octanol–water partition coefficient (Wildman–Crippen LogP) is 10.8. The molecule has 4 rings (SSSR count). The zero-order valence-electron chi connectivity index (χ0n) is 29.9. The number of unbranched alkanes of at least 4 members (excludes halogenated alkanes) is 5. The van der Waals surface area contributed by atoms with Crippen LogP contribution in [0.5, 0.6) is 0 Å². The lowest BCUT2D eigenvalue weighted by molar-refractivity contribution is -0.159. The van der Waals surface area contributed by atoms with Crippen LogP contribution < -0.4 is 0 Å². The highest BCUT2D eigenvalue weighted by Crippen LogP contribution is 2.30. The summed E-state index contributed by atoms with van der Waals surface area (Å²) in [6.07, 6.45) is 37.2. The van der Waals surface area contributed by atoms with Crippen LogP contribution in [0.15, 0.2) is 0 Å². The maximum absolute atomic E-state index is 11.2. The van der Waals surface area contributed by atoms with E-state index in [0.29, 0.717) is 12.8 Å². The molecular weight excluding hydrogens is 544 g/mol. The molecule has 0 amide bonds. The van der Waals surface area contributed by atoms with Gasteiger partial charge in [-0.2, -0.15) is 0 Å². The van der Waals surface area contributed by atoms with E-state index in [-0.39, 0.29) is 11.9 Å². The van der Waals surface area contributed by atoms with Gasteiger partial charge in [0.2, 0.25) is 0 Å². The zero-order valence-corrected chi connectivity index (χ0v) is 29.9. The fourth-order valence-electron chi connectivity index (χ4n) is 7.99. The van der Waals surface area contributed by atoms with Crippen LogP contribution >= 0.6 is 0 Å². The minimum absolute atomic E-state index is 0.363. The van der Waals surface area contributed by atoms with Crippen molar-refractivity contribution in [2.24, 2.45) is 0 Å². The second-order valence-corrected chi connectivity index (χ2v) is 14.6. The van der Waals surface area contributed by atoms with E-state index in [9.17, 15) is 9.59 Å². The van der Waals surface area contributed by atoms with E-state index in [1.165, 1.54) is 128 Å². The van der Waals surface area contributed by atoms with Crippen LogP contribution in [0.1, 0.15) is 200 Å². The molecular formula is C39H74N2O3. The third kappa shape index (κ3) is 17.1. The Morgan fingerprint density at radius 3 is 1.02 bits per heavy atom. The predicted molar refractivity (Wildman–Crippen MR) is 187 cm³/mol. The summed E-state index contributed by atoms with van der Waals surface area (Å²) in [6, 6.07) is 3.69. The molecule has 0 spiro atoms. The van der Waals surface area contributed by atoms with Crippen LogP contribution in [0.4, 0.5) is 0 Å². The Labute approximate surface area is 274 Å². The molecule has 0 atom stereocenters. The van der Waals surface area contributed by atoms with Crippen molar-refractivity contribution in [3.63, 3.8) is 0 Å². The molecule has 0 radical (unpaired) electrons. The lowest BCUT2D eigenvalue weighted by atomic mass is 9.89. The van der Waals surface area contributed by atoms with E-state index < -0.39 is 0 Å².